The fourth-order valence-corrected chi connectivity index (χ4v) is 11.8. The summed E-state index contributed by atoms with van der Waals surface area (Å²) in [4.78, 5) is 50.1. The van der Waals surface area contributed by atoms with Crippen LogP contribution in [0.1, 0.15) is 0 Å². The molecule has 0 atom stereocenters. The summed E-state index contributed by atoms with van der Waals surface area (Å²) in [6, 6.07) is 49.5. The van der Waals surface area contributed by atoms with E-state index < -0.39 is 21.2 Å². The minimum atomic E-state index is -0.705. The van der Waals surface area contributed by atoms with Gasteiger partial charge in [-0.2, -0.15) is 5.90 Å². The van der Waals surface area contributed by atoms with Gasteiger partial charge in [-0.25, -0.2) is 4.99 Å². The van der Waals surface area contributed by atoms with Gasteiger partial charge in [-0.1, -0.05) is 0 Å². The van der Waals surface area contributed by atoms with E-state index in [9.17, 15) is 81.5 Å². The topological polar surface area (TPSA) is 595 Å². The summed E-state index contributed by atoms with van der Waals surface area (Å²) in [6.07, 6.45) is 3.28. The number of aliphatic hydroxyl groups is 13. The predicted molar refractivity (Wildman–Crippen MR) is 463 cm³/mol. The first-order valence-corrected chi connectivity index (χ1v) is 37.2. The molecule has 1 aliphatic rings. The van der Waals surface area contributed by atoms with E-state index in [1.807, 2.05) is 123 Å². The molecule has 0 bridgehead atoms. The Hall–Kier alpha value is -12.5. The lowest BCUT2D eigenvalue weighted by molar-refractivity contribution is -0.393. The van der Waals surface area contributed by atoms with Crippen molar-refractivity contribution >= 4 is 132 Å². The Morgan fingerprint density at radius 3 is 0.839 bits per heavy atom. The highest BCUT2D eigenvalue weighted by Gasteiger charge is 2.26. The number of nitrogens with one attached hydrogen (secondary N) is 6. The Morgan fingerprint density at radius 1 is 0.373 bits per heavy atom. The monoisotopic (exact) mass is 1640 g/mol. The third-order valence-electron chi connectivity index (χ3n) is 17.4. The number of nitro groups is 2. The molecule has 0 radical (unpaired) electrons. The molecule has 9 rings (SSSR count). The average molecular weight is 1640 g/mol. The summed E-state index contributed by atoms with van der Waals surface area (Å²) in [5, 5.41) is 166. The molecule has 0 spiro atoms. The van der Waals surface area contributed by atoms with Crippen LogP contribution in [0.3, 0.4) is 0 Å². The SMILES string of the molecule is CO.N=C1C=C(N)C(=Nc2ccc(N(CCO)CCO)cc2)C=C1Nc1ccc(N(CCO)CCO)cc1.NOC=O.Nc1cc(N)c(Nc2ccc(N(CCO)CCO)cc2)cc1Nc1ccc(N(CCO)CCO)cc1.O=[N+]([O-])c1cc([N+](=O)[O-])c(Nc2ccc(N(CCO)CCO)cc2)cc1Nc1ccc(N(CCO)CCO)cc1. The molecule has 638 valence electrons. The van der Waals surface area contributed by atoms with Crippen LogP contribution in [0.25, 0.3) is 0 Å². The number of anilines is 17. The van der Waals surface area contributed by atoms with Gasteiger partial charge in [0.2, 0.25) is 0 Å². The third-order valence-corrected chi connectivity index (χ3v) is 17.4. The minimum absolute atomic E-state index is 0.00402. The molecule has 8 aromatic carbocycles. The number of nitrogens with zero attached hydrogens (tertiary/aromatic N) is 9. The maximum Gasteiger partial charge on any atom is 0.312 e. The van der Waals surface area contributed by atoms with E-state index in [-0.39, 0.29) is 103 Å². The van der Waals surface area contributed by atoms with E-state index in [4.69, 9.17) is 32.5 Å². The number of carbonyl (C=O) groups excluding carboxylic acids is 1. The number of nitrogens with two attached hydrogens (primary N) is 4. The Labute approximate surface area is 682 Å². The molecule has 1 aliphatic carbocycles. The molecule has 0 aromatic heterocycles. The summed E-state index contributed by atoms with van der Waals surface area (Å²) in [5.74, 6) is 4.16. The lowest BCUT2D eigenvalue weighted by atomic mass is 10.0. The van der Waals surface area contributed by atoms with Crippen LogP contribution in [0.2, 0.25) is 0 Å². The van der Waals surface area contributed by atoms with Gasteiger partial charge in [-0.15, -0.1) is 0 Å². The molecule has 0 unspecified atom stereocenters. The summed E-state index contributed by atoms with van der Waals surface area (Å²) in [7, 11) is 1.00. The van der Waals surface area contributed by atoms with Crippen molar-refractivity contribution < 1.29 is 85.9 Å². The van der Waals surface area contributed by atoms with Gasteiger partial charge < -0.3 is 144 Å². The Bertz CT molecular complexity index is 4190. The normalized spacial score (nSPS) is 11.6. The van der Waals surface area contributed by atoms with E-state index in [1.165, 1.54) is 6.07 Å². The van der Waals surface area contributed by atoms with Crippen molar-refractivity contribution in [2.24, 2.45) is 16.6 Å². The first kappa shape index (κ1) is 96.1. The zero-order chi connectivity index (χ0) is 86.3. The number of carbonyl (C=O) groups is 1. The second-order valence-corrected chi connectivity index (χ2v) is 25.2. The number of rotatable bonds is 44. The van der Waals surface area contributed by atoms with Crippen molar-refractivity contribution in [2.45, 2.75) is 0 Å². The fraction of sp³-hybridized carbons (Fsp3) is 0.312. The molecule has 118 heavy (non-hydrogen) atoms. The molecule has 0 saturated heterocycles. The molecular weight excluding hydrogens is 1530 g/mol. The van der Waals surface area contributed by atoms with Gasteiger partial charge in [-0.3, -0.25) is 30.4 Å². The molecule has 0 amide bonds. The Morgan fingerprint density at radius 2 is 0.602 bits per heavy atom. The minimum Gasteiger partial charge on any atom is -0.400 e. The van der Waals surface area contributed by atoms with Crippen LogP contribution in [-0.2, 0) is 9.63 Å². The second kappa shape index (κ2) is 52.9. The highest BCUT2D eigenvalue weighted by molar-refractivity contribution is 6.24. The van der Waals surface area contributed by atoms with Gasteiger partial charge in [-0.05, 0) is 176 Å². The van der Waals surface area contributed by atoms with Crippen LogP contribution >= 0.6 is 0 Å². The zero-order valence-corrected chi connectivity index (χ0v) is 65.5. The number of hydrogen-bond acceptors (Lipinski definition) is 36. The van der Waals surface area contributed by atoms with Crippen molar-refractivity contribution in [3.63, 3.8) is 0 Å². The second-order valence-electron chi connectivity index (χ2n) is 25.2. The summed E-state index contributed by atoms with van der Waals surface area (Å²) >= 11 is 0. The molecule has 0 aliphatic heterocycles. The van der Waals surface area contributed by atoms with E-state index in [0.717, 1.165) is 64.4 Å². The zero-order valence-electron chi connectivity index (χ0n) is 65.5. The summed E-state index contributed by atoms with van der Waals surface area (Å²) in [5.41, 5.74) is 30.8. The first-order chi connectivity index (χ1) is 57.2. The van der Waals surface area contributed by atoms with E-state index >= 15 is 0 Å². The van der Waals surface area contributed by atoms with Gasteiger partial charge in [0.25, 0.3) is 11.4 Å². The summed E-state index contributed by atoms with van der Waals surface area (Å²) < 4.78 is 0. The highest BCUT2D eigenvalue weighted by atomic mass is 16.6. The van der Waals surface area contributed by atoms with Crippen LogP contribution in [0.4, 0.5) is 114 Å². The molecule has 27 N–H and O–H groups in total. The predicted octanol–water partition coefficient (Wildman–Crippen LogP) is 4.35. The van der Waals surface area contributed by atoms with Crippen molar-refractivity contribution in [2.75, 3.05) is 232 Å². The molecule has 0 fully saturated rings. The number of nitro benzene ring substituents is 2. The molecular formula is C80H109N19O19. The third kappa shape index (κ3) is 30.6. The molecule has 0 saturated carbocycles. The number of nitrogen functional groups attached to an aromatic ring is 2. The molecule has 8 aromatic rings. The van der Waals surface area contributed by atoms with Crippen molar-refractivity contribution in [1.82, 2.24) is 0 Å². The Balaban J connectivity index is 0.000000305. The van der Waals surface area contributed by atoms with Crippen LogP contribution in [-0.4, -0.2) is 259 Å². The van der Waals surface area contributed by atoms with Crippen LogP contribution in [0.5, 0.6) is 0 Å². The van der Waals surface area contributed by atoms with Crippen molar-refractivity contribution in [1.29, 1.82) is 5.41 Å². The van der Waals surface area contributed by atoms with Gasteiger partial charge in [0, 0.05) is 148 Å². The largest absolute Gasteiger partial charge is 0.400 e. The van der Waals surface area contributed by atoms with Crippen LogP contribution < -0.4 is 79.1 Å². The number of aliphatic imine (C=N–C) groups is 1. The van der Waals surface area contributed by atoms with E-state index in [1.54, 1.807) is 76.5 Å². The maximum absolute atomic E-state index is 11.8. The smallest absolute Gasteiger partial charge is 0.312 e. The number of allylic oxidation sites excluding steroid dienone is 2. The number of aliphatic hydroxyl groups excluding tert-OH is 13. The van der Waals surface area contributed by atoms with Gasteiger partial charge in [0.05, 0.1) is 146 Å². The van der Waals surface area contributed by atoms with Crippen LogP contribution in [0.15, 0.2) is 198 Å². The standard InChI is InChI=1S/C26H32N6O8.C26H36N6O4.C26H34N6O4.CH3NO2.CH4O/c33-13-9-29(10-14-34)21-5-1-19(2-6-21)27-23-17-24(26(32(39)40)18-25(23)31(37)38)28-20-3-7-22(8-4-20)30(11-15-35)12-16-36;2*27-23-17-24(28)26(30-20-3-7-22(8-4-20)32(11-15-35)12-16-36)18-25(23)29-19-1-5-21(6-2-19)31(9-13-33)10-14-34;2-4-1-3;1-2/h1-8,17-18,27-28,33-36H,9-16H2;1-8,17-18,29-30,33-36H,9-16,27-28H2;1-8,17-18,27,29,33-36H,9-16,28H2;1H,2H2;2H,1H3. The van der Waals surface area contributed by atoms with E-state index in [2.05, 4.69) is 42.3 Å². The Kier molecular flexibility index (Phi) is 43.0. The van der Waals surface area contributed by atoms with Crippen LogP contribution in [0, 0.1) is 25.6 Å². The summed E-state index contributed by atoms with van der Waals surface area (Å²) in [6.45, 7) is 4.46. The van der Waals surface area contributed by atoms with Gasteiger partial charge in [0.15, 0.2) is 0 Å². The lowest BCUT2D eigenvalue weighted by Crippen LogP contribution is -2.29. The van der Waals surface area contributed by atoms with Gasteiger partial charge in [0.1, 0.15) is 11.4 Å². The number of hydrogen-bond donors (Lipinski definition) is 23. The molecule has 38 nitrogen and oxygen atoms in total. The van der Waals surface area contributed by atoms with Gasteiger partial charge >= 0.3 is 6.47 Å². The number of benzene rings is 8. The lowest BCUT2D eigenvalue weighted by Gasteiger charge is -2.23. The van der Waals surface area contributed by atoms with Crippen molar-refractivity contribution in [3.8, 4) is 0 Å². The first-order valence-electron chi connectivity index (χ1n) is 37.2. The quantitative estimate of drug-likeness (QED) is 0.00829. The van der Waals surface area contributed by atoms with Crippen molar-refractivity contribution in [3.05, 3.63) is 214 Å². The molecule has 38 heteroatoms. The van der Waals surface area contributed by atoms with E-state index in [0.29, 0.717) is 135 Å². The fourth-order valence-electron chi connectivity index (χ4n) is 11.8. The average Bonchev–Trinajstić information content (AvgIpc) is 0.796. The molecule has 0 heterocycles. The maximum atomic E-state index is 11.8. The highest BCUT2D eigenvalue weighted by Crippen LogP contribution is 2.40.